The molecule has 11 heteroatoms. The van der Waals surface area contributed by atoms with E-state index in [1.54, 1.807) is 30.9 Å². The van der Waals surface area contributed by atoms with Gasteiger partial charge in [-0.1, -0.05) is 0 Å². The Balaban J connectivity index is 1.26. The number of H-pyrrole nitrogens is 2. The van der Waals surface area contributed by atoms with Crippen LogP contribution in [0.25, 0.3) is 55.3 Å². The van der Waals surface area contributed by atoms with Gasteiger partial charge in [0.05, 0.1) is 22.0 Å². The molecule has 0 saturated carbocycles. The van der Waals surface area contributed by atoms with Gasteiger partial charge in [-0.3, -0.25) is 15.1 Å². The maximum atomic E-state index is 13.7. The Morgan fingerprint density at radius 3 is 2.73 bits per heavy atom. The van der Waals surface area contributed by atoms with Crippen LogP contribution in [0.15, 0.2) is 55.1 Å². The van der Waals surface area contributed by atoms with Crippen LogP contribution in [0.4, 0.5) is 4.39 Å². The van der Waals surface area contributed by atoms with E-state index in [9.17, 15) is 4.39 Å². The number of nitrogens with zero attached hydrogens (tertiary/aromatic N) is 5. The molecule has 0 spiro atoms. The minimum Gasteiger partial charge on any atom is -0.489 e. The van der Waals surface area contributed by atoms with Gasteiger partial charge in [0.2, 0.25) is 0 Å². The summed E-state index contributed by atoms with van der Waals surface area (Å²) in [4.78, 5) is 22.3. The monoisotopic (exact) mass is 512 g/mol. The van der Waals surface area contributed by atoms with Crippen molar-refractivity contribution in [3.05, 3.63) is 60.3 Å². The standard InChI is InChI=1S/C26H21FN8OS/c27-21-2-1-20(37-21)24-23-19(5-8-30-24)32-26(33-23)22-18-10-15(12-31-25(18)35-34-22)14-9-17(13-29-11-14)36-16-3-6-28-7-4-16/h1-2,5,8-13,16,28H,3-4,6-7H2,(H,32,33)(H,31,34,35). The fourth-order valence-corrected chi connectivity index (χ4v) is 5.39. The Morgan fingerprint density at radius 2 is 1.86 bits per heavy atom. The fourth-order valence-electron chi connectivity index (χ4n) is 4.66. The molecule has 9 nitrogen and oxygen atoms in total. The number of rotatable bonds is 5. The second kappa shape index (κ2) is 9.02. The van der Waals surface area contributed by atoms with Gasteiger partial charge in [0, 0.05) is 29.7 Å². The summed E-state index contributed by atoms with van der Waals surface area (Å²) in [5.74, 6) is 1.33. The van der Waals surface area contributed by atoms with E-state index in [-0.39, 0.29) is 11.2 Å². The molecule has 7 heterocycles. The van der Waals surface area contributed by atoms with Crippen LogP contribution in [0.1, 0.15) is 12.8 Å². The first-order chi connectivity index (χ1) is 18.2. The van der Waals surface area contributed by atoms with Gasteiger partial charge in [0.25, 0.3) is 0 Å². The van der Waals surface area contributed by atoms with Crippen molar-refractivity contribution >= 4 is 33.4 Å². The molecule has 0 atom stereocenters. The van der Waals surface area contributed by atoms with Crippen LogP contribution >= 0.6 is 11.3 Å². The van der Waals surface area contributed by atoms with E-state index in [0.717, 1.165) is 69.9 Å². The van der Waals surface area contributed by atoms with E-state index in [4.69, 9.17) is 9.72 Å². The maximum absolute atomic E-state index is 13.7. The molecule has 0 amide bonds. The molecule has 6 aromatic rings. The number of ether oxygens (including phenoxy) is 1. The highest BCUT2D eigenvalue weighted by atomic mass is 32.1. The molecule has 0 bridgehead atoms. The minimum absolute atomic E-state index is 0.192. The summed E-state index contributed by atoms with van der Waals surface area (Å²) >= 11 is 1.04. The molecule has 6 aromatic heterocycles. The van der Waals surface area contributed by atoms with Crippen molar-refractivity contribution in [2.75, 3.05) is 13.1 Å². The summed E-state index contributed by atoms with van der Waals surface area (Å²) in [6.07, 6.45) is 9.18. The molecule has 0 radical (unpaired) electrons. The van der Waals surface area contributed by atoms with Crippen LogP contribution in [0.3, 0.4) is 0 Å². The molecule has 7 rings (SSSR count). The van der Waals surface area contributed by atoms with E-state index in [1.807, 2.05) is 18.2 Å². The smallest absolute Gasteiger partial charge is 0.177 e. The van der Waals surface area contributed by atoms with Gasteiger partial charge >= 0.3 is 0 Å². The van der Waals surface area contributed by atoms with Gasteiger partial charge in [-0.2, -0.15) is 9.49 Å². The lowest BCUT2D eigenvalue weighted by molar-refractivity contribution is 0.162. The SMILES string of the molecule is Fc1ccc(-c2nccc3[nH]c(-c4n[nH]c5ncc(-c6cncc(OC7CCNCC7)c6)cc45)nc23)s1. The molecule has 1 saturated heterocycles. The molecule has 37 heavy (non-hydrogen) atoms. The van der Waals surface area contributed by atoms with Gasteiger partial charge < -0.3 is 15.0 Å². The van der Waals surface area contributed by atoms with Crippen molar-refractivity contribution < 1.29 is 9.13 Å². The number of aromatic amines is 2. The molecule has 0 unspecified atom stereocenters. The van der Waals surface area contributed by atoms with Gasteiger partial charge in [-0.25, -0.2) is 9.97 Å². The molecule has 1 aliphatic heterocycles. The number of nitrogens with one attached hydrogen (secondary N) is 3. The molecule has 1 fully saturated rings. The summed E-state index contributed by atoms with van der Waals surface area (Å²) < 4.78 is 19.8. The van der Waals surface area contributed by atoms with E-state index in [2.05, 4.69) is 35.5 Å². The summed E-state index contributed by atoms with van der Waals surface area (Å²) in [5, 5.41) is 11.4. The highest BCUT2D eigenvalue weighted by Gasteiger charge is 2.19. The number of halogens is 1. The first-order valence-electron chi connectivity index (χ1n) is 12.0. The molecule has 0 aromatic carbocycles. The van der Waals surface area contributed by atoms with Crippen molar-refractivity contribution in [1.29, 1.82) is 0 Å². The summed E-state index contributed by atoms with van der Waals surface area (Å²) in [7, 11) is 0. The molecular weight excluding hydrogens is 491 g/mol. The number of piperidine rings is 1. The first kappa shape index (κ1) is 22.0. The third-order valence-corrected chi connectivity index (χ3v) is 7.36. The number of pyridine rings is 3. The summed E-state index contributed by atoms with van der Waals surface area (Å²) in [6, 6.07) is 9.01. The lowest BCUT2D eigenvalue weighted by atomic mass is 10.1. The second-order valence-electron chi connectivity index (χ2n) is 8.91. The molecule has 3 N–H and O–H groups in total. The summed E-state index contributed by atoms with van der Waals surface area (Å²) in [5.41, 5.74) is 5.17. The molecule has 1 aliphatic rings. The van der Waals surface area contributed by atoms with Crippen LogP contribution in [-0.4, -0.2) is 54.3 Å². The van der Waals surface area contributed by atoms with Crippen LogP contribution in [0, 0.1) is 5.13 Å². The Bertz CT molecular complexity index is 1740. The van der Waals surface area contributed by atoms with Crippen molar-refractivity contribution in [3.63, 3.8) is 0 Å². The normalized spacial score (nSPS) is 14.5. The quantitative estimate of drug-likeness (QED) is 0.299. The highest BCUT2D eigenvalue weighted by Crippen LogP contribution is 2.34. The largest absolute Gasteiger partial charge is 0.489 e. The van der Waals surface area contributed by atoms with Gasteiger partial charge in [-0.05, 0) is 56.3 Å². The predicted octanol–water partition coefficient (Wildman–Crippen LogP) is 4.96. The maximum Gasteiger partial charge on any atom is 0.177 e. The fraction of sp³-hybridized carbons (Fsp3) is 0.192. The lowest BCUT2D eigenvalue weighted by Crippen LogP contribution is -2.34. The van der Waals surface area contributed by atoms with E-state index >= 15 is 0 Å². The zero-order valence-electron chi connectivity index (χ0n) is 19.5. The van der Waals surface area contributed by atoms with Crippen molar-refractivity contribution in [2.24, 2.45) is 0 Å². The topological polar surface area (TPSA) is 117 Å². The Hall–Kier alpha value is -4.22. The average Bonchev–Trinajstić information content (AvgIpc) is 3.66. The van der Waals surface area contributed by atoms with E-state index < -0.39 is 0 Å². The van der Waals surface area contributed by atoms with Crippen LogP contribution < -0.4 is 10.1 Å². The van der Waals surface area contributed by atoms with Crippen molar-refractivity contribution in [1.82, 2.24) is 40.4 Å². The van der Waals surface area contributed by atoms with Crippen LogP contribution in [0.5, 0.6) is 5.75 Å². The van der Waals surface area contributed by atoms with Gasteiger partial charge in [-0.15, -0.1) is 11.3 Å². The number of hydrogen-bond donors (Lipinski definition) is 3. The number of imidazole rings is 1. The number of fused-ring (bicyclic) bond motifs is 2. The Morgan fingerprint density at radius 1 is 0.973 bits per heavy atom. The third kappa shape index (κ3) is 4.11. The minimum atomic E-state index is -0.263. The van der Waals surface area contributed by atoms with E-state index in [1.165, 1.54) is 6.07 Å². The molecule has 0 aliphatic carbocycles. The zero-order chi connectivity index (χ0) is 24.8. The predicted molar refractivity (Wildman–Crippen MR) is 140 cm³/mol. The van der Waals surface area contributed by atoms with Crippen LogP contribution in [0.2, 0.25) is 0 Å². The number of thiophene rings is 1. The molecule has 184 valence electrons. The third-order valence-electron chi connectivity index (χ3n) is 6.48. The zero-order valence-corrected chi connectivity index (χ0v) is 20.3. The van der Waals surface area contributed by atoms with Crippen molar-refractivity contribution in [2.45, 2.75) is 18.9 Å². The van der Waals surface area contributed by atoms with E-state index in [0.29, 0.717) is 28.4 Å². The van der Waals surface area contributed by atoms with Crippen molar-refractivity contribution in [3.8, 4) is 39.0 Å². The average molecular weight is 513 g/mol. The van der Waals surface area contributed by atoms with Gasteiger partial charge in [0.15, 0.2) is 16.6 Å². The number of aromatic nitrogens is 7. The number of hydrogen-bond acceptors (Lipinski definition) is 8. The van der Waals surface area contributed by atoms with Gasteiger partial charge in [0.1, 0.15) is 28.8 Å². The summed E-state index contributed by atoms with van der Waals surface area (Å²) in [6.45, 7) is 1.93. The first-order valence-corrected chi connectivity index (χ1v) is 12.8. The highest BCUT2D eigenvalue weighted by molar-refractivity contribution is 7.13. The Labute approximate surface area is 214 Å². The second-order valence-corrected chi connectivity index (χ2v) is 9.95. The Kier molecular flexibility index (Phi) is 5.37. The molecular formula is C26H21FN8OS. The lowest BCUT2D eigenvalue weighted by Gasteiger charge is -2.23. The van der Waals surface area contributed by atoms with Crippen LogP contribution in [-0.2, 0) is 0 Å².